The van der Waals surface area contributed by atoms with Gasteiger partial charge in [-0.25, -0.2) is 4.79 Å². The van der Waals surface area contributed by atoms with Crippen LogP contribution in [0.5, 0.6) is 0 Å². The number of carbonyl (C=O) groups excluding carboxylic acids is 1. The number of nitrogens with one attached hydrogen (secondary N) is 1. The fourth-order valence-electron chi connectivity index (χ4n) is 5.35. The largest absolute Gasteiger partial charge is 0.335 e. The molecule has 4 heteroatoms. The van der Waals surface area contributed by atoms with Gasteiger partial charge in [0.1, 0.15) is 0 Å². The standard InChI is InChI=1S/C23H27N3O/c1-25-18-11-12-19(25)14-17(13-18)24-23(27)26-15-21(16-7-3-2-4-8-16)20-9-5-6-10-22(20)26/h2-10,17-19,21H,11-15H2,1H3,(H,24,27). The van der Waals surface area contributed by atoms with Crippen LogP contribution in [0.4, 0.5) is 10.5 Å². The average molecular weight is 361 g/mol. The summed E-state index contributed by atoms with van der Waals surface area (Å²) in [6.07, 6.45) is 4.71. The van der Waals surface area contributed by atoms with Crippen LogP contribution >= 0.6 is 0 Å². The molecule has 4 nitrogen and oxygen atoms in total. The summed E-state index contributed by atoms with van der Waals surface area (Å²) in [5, 5.41) is 3.36. The van der Waals surface area contributed by atoms with Crippen LogP contribution in [0, 0.1) is 0 Å². The first kappa shape index (κ1) is 16.8. The summed E-state index contributed by atoms with van der Waals surface area (Å²) in [5.74, 6) is 0.252. The van der Waals surface area contributed by atoms with Gasteiger partial charge in [0.15, 0.2) is 0 Å². The van der Waals surface area contributed by atoms with E-state index in [0.29, 0.717) is 24.7 Å². The van der Waals surface area contributed by atoms with Crippen LogP contribution in [0.1, 0.15) is 42.7 Å². The Kier molecular flexibility index (Phi) is 4.16. The highest BCUT2D eigenvalue weighted by Gasteiger charge is 2.40. The van der Waals surface area contributed by atoms with Gasteiger partial charge in [0.2, 0.25) is 0 Å². The molecule has 3 aliphatic heterocycles. The number of amides is 2. The second kappa shape index (κ2) is 6.68. The molecule has 2 fully saturated rings. The van der Waals surface area contributed by atoms with E-state index in [1.807, 2.05) is 17.0 Å². The van der Waals surface area contributed by atoms with E-state index in [9.17, 15) is 4.79 Å². The Balaban J connectivity index is 1.35. The number of carbonyl (C=O) groups is 1. The number of hydrogen-bond acceptors (Lipinski definition) is 2. The van der Waals surface area contributed by atoms with Crippen LogP contribution in [0.25, 0.3) is 0 Å². The topological polar surface area (TPSA) is 35.6 Å². The molecule has 0 aliphatic carbocycles. The molecule has 2 bridgehead atoms. The highest BCUT2D eigenvalue weighted by molar-refractivity contribution is 5.95. The summed E-state index contributed by atoms with van der Waals surface area (Å²) in [6, 6.07) is 20.5. The molecule has 0 saturated carbocycles. The SMILES string of the molecule is CN1C2CCC1CC(NC(=O)N1CC(c3ccccc3)c3ccccc31)C2. The monoisotopic (exact) mass is 361 g/mol. The number of rotatable bonds is 2. The van der Waals surface area contributed by atoms with E-state index in [2.05, 4.69) is 59.7 Å². The third kappa shape index (κ3) is 2.92. The van der Waals surface area contributed by atoms with E-state index in [-0.39, 0.29) is 11.9 Å². The molecule has 2 aromatic carbocycles. The minimum absolute atomic E-state index is 0.0647. The third-order valence-electron chi connectivity index (χ3n) is 6.84. The van der Waals surface area contributed by atoms with Gasteiger partial charge in [-0.15, -0.1) is 0 Å². The van der Waals surface area contributed by atoms with Gasteiger partial charge in [-0.2, -0.15) is 0 Å². The van der Waals surface area contributed by atoms with Crippen molar-refractivity contribution in [1.82, 2.24) is 10.2 Å². The van der Waals surface area contributed by atoms with Gasteiger partial charge in [0.05, 0.1) is 0 Å². The number of urea groups is 1. The van der Waals surface area contributed by atoms with Crippen molar-refractivity contribution in [3.8, 4) is 0 Å². The fraction of sp³-hybridized carbons (Fsp3) is 0.435. The molecule has 0 spiro atoms. The molecular formula is C23H27N3O. The van der Waals surface area contributed by atoms with Gasteiger partial charge >= 0.3 is 6.03 Å². The Morgan fingerprint density at radius 2 is 1.63 bits per heavy atom. The summed E-state index contributed by atoms with van der Waals surface area (Å²) >= 11 is 0. The Labute approximate surface area is 161 Å². The van der Waals surface area contributed by atoms with Crippen molar-refractivity contribution in [3.63, 3.8) is 0 Å². The van der Waals surface area contributed by atoms with Crippen molar-refractivity contribution in [1.29, 1.82) is 0 Å². The molecule has 2 amide bonds. The predicted octanol–water partition coefficient (Wildman–Crippen LogP) is 3.97. The average Bonchev–Trinajstić information content (AvgIpc) is 3.16. The van der Waals surface area contributed by atoms with Crippen molar-refractivity contribution in [2.75, 3.05) is 18.5 Å². The highest BCUT2D eigenvalue weighted by Crippen LogP contribution is 2.40. The molecule has 3 unspecified atom stereocenters. The van der Waals surface area contributed by atoms with Crippen LogP contribution in [0.2, 0.25) is 0 Å². The lowest BCUT2D eigenvalue weighted by Crippen LogP contribution is -2.51. The van der Waals surface area contributed by atoms with Gasteiger partial charge in [-0.3, -0.25) is 4.90 Å². The Bertz CT molecular complexity index is 823. The van der Waals surface area contributed by atoms with E-state index < -0.39 is 0 Å². The number of nitrogens with zero attached hydrogens (tertiary/aromatic N) is 2. The quantitative estimate of drug-likeness (QED) is 0.878. The lowest BCUT2D eigenvalue weighted by atomic mass is 9.93. The van der Waals surface area contributed by atoms with E-state index >= 15 is 0 Å². The number of para-hydroxylation sites is 1. The van der Waals surface area contributed by atoms with Crippen LogP contribution in [0.15, 0.2) is 54.6 Å². The summed E-state index contributed by atoms with van der Waals surface area (Å²) in [7, 11) is 2.24. The van der Waals surface area contributed by atoms with Crippen molar-refractivity contribution in [2.45, 2.75) is 49.7 Å². The second-order valence-electron chi connectivity index (χ2n) is 8.30. The first-order valence-electron chi connectivity index (χ1n) is 10.1. The Morgan fingerprint density at radius 3 is 2.37 bits per heavy atom. The Hall–Kier alpha value is -2.33. The summed E-state index contributed by atoms with van der Waals surface area (Å²) in [5.41, 5.74) is 3.58. The molecule has 2 saturated heterocycles. The normalized spacial score (nSPS) is 29.6. The van der Waals surface area contributed by atoms with Crippen molar-refractivity contribution >= 4 is 11.7 Å². The van der Waals surface area contributed by atoms with Gasteiger partial charge in [-0.05, 0) is 49.9 Å². The minimum Gasteiger partial charge on any atom is -0.335 e. The van der Waals surface area contributed by atoms with Crippen LogP contribution in [-0.4, -0.2) is 42.6 Å². The zero-order valence-corrected chi connectivity index (χ0v) is 15.8. The van der Waals surface area contributed by atoms with E-state index in [0.717, 1.165) is 18.5 Å². The molecule has 0 radical (unpaired) electrons. The van der Waals surface area contributed by atoms with E-state index in [1.165, 1.54) is 24.0 Å². The minimum atomic E-state index is 0.0647. The molecule has 3 heterocycles. The van der Waals surface area contributed by atoms with Gasteiger partial charge < -0.3 is 10.2 Å². The maximum absolute atomic E-state index is 13.2. The lowest BCUT2D eigenvalue weighted by Gasteiger charge is -2.37. The summed E-state index contributed by atoms with van der Waals surface area (Å²) in [6.45, 7) is 0.717. The zero-order valence-electron chi connectivity index (χ0n) is 15.8. The molecule has 3 atom stereocenters. The lowest BCUT2D eigenvalue weighted by molar-refractivity contribution is 0.150. The molecule has 0 aromatic heterocycles. The molecular weight excluding hydrogens is 334 g/mol. The maximum Gasteiger partial charge on any atom is 0.322 e. The number of benzene rings is 2. The molecule has 1 N–H and O–H groups in total. The summed E-state index contributed by atoms with van der Waals surface area (Å²) < 4.78 is 0. The second-order valence-corrected chi connectivity index (χ2v) is 8.30. The maximum atomic E-state index is 13.2. The van der Waals surface area contributed by atoms with Gasteiger partial charge in [-0.1, -0.05) is 48.5 Å². The molecule has 5 rings (SSSR count). The molecule has 140 valence electrons. The summed E-state index contributed by atoms with van der Waals surface area (Å²) in [4.78, 5) is 17.6. The van der Waals surface area contributed by atoms with E-state index in [4.69, 9.17) is 0 Å². The van der Waals surface area contributed by atoms with E-state index in [1.54, 1.807) is 0 Å². The van der Waals surface area contributed by atoms with Crippen molar-refractivity contribution in [2.24, 2.45) is 0 Å². The predicted molar refractivity (Wildman–Crippen MR) is 108 cm³/mol. The number of hydrogen-bond donors (Lipinski definition) is 1. The van der Waals surface area contributed by atoms with Crippen molar-refractivity contribution < 1.29 is 4.79 Å². The highest BCUT2D eigenvalue weighted by atomic mass is 16.2. The first-order valence-corrected chi connectivity index (χ1v) is 10.1. The van der Waals surface area contributed by atoms with Crippen molar-refractivity contribution in [3.05, 3.63) is 65.7 Å². The third-order valence-corrected chi connectivity index (χ3v) is 6.84. The van der Waals surface area contributed by atoms with Crippen LogP contribution < -0.4 is 10.2 Å². The smallest absolute Gasteiger partial charge is 0.322 e. The molecule has 2 aromatic rings. The van der Waals surface area contributed by atoms with Crippen LogP contribution in [-0.2, 0) is 0 Å². The number of anilines is 1. The molecule has 27 heavy (non-hydrogen) atoms. The molecule has 3 aliphatic rings. The Morgan fingerprint density at radius 1 is 0.963 bits per heavy atom. The van der Waals surface area contributed by atoms with Gasteiger partial charge in [0.25, 0.3) is 0 Å². The van der Waals surface area contributed by atoms with Gasteiger partial charge in [0, 0.05) is 36.3 Å². The first-order chi connectivity index (χ1) is 13.2. The number of piperidine rings is 1. The van der Waals surface area contributed by atoms with Crippen LogP contribution in [0.3, 0.4) is 0 Å². The number of fused-ring (bicyclic) bond motifs is 3. The zero-order chi connectivity index (χ0) is 18.4. The fourth-order valence-corrected chi connectivity index (χ4v) is 5.35.